The summed E-state index contributed by atoms with van der Waals surface area (Å²) in [5.41, 5.74) is 0.455. The molecule has 2 nitrogen and oxygen atoms in total. The summed E-state index contributed by atoms with van der Waals surface area (Å²) in [7, 11) is 0. The topological polar surface area (TPSA) is 26.3 Å². The van der Waals surface area contributed by atoms with Crippen LogP contribution in [-0.4, -0.2) is 12.6 Å². The third-order valence-corrected chi connectivity index (χ3v) is 4.64. The molecule has 144 valence electrons. The summed E-state index contributed by atoms with van der Waals surface area (Å²) in [4.78, 5) is 11.8. The van der Waals surface area contributed by atoms with Gasteiger partial charge in [0.15, 0.2) is 0 Å². The first-order chi connectivity index (χ1) is 11.3. The molecule has 0 saturated carbocycles. The lowest BCUT2D eigenvalue weighted by Gasteiger charge is -2.17. The summed E-state index contributed by atoms with van der Waals surface area (Å²) in [6.07, 6.45) is 15.7. The molecular weight excluding hydrogens is 296 g/mol. The van der Waals surface area contributed by atoms with E-state index in [-0.39, 0.29) is 5.97 Å². The monoisotopic (exact) mass is 340 g/mol. The van der Waals surface area contributed by atoms with Gasteiger partial charge in [-0.3, -0.25) is 4.79 Å². The van der Waals surface area contributed by atoms with Crippen LogP contribution in [-0.2, 0) is 9.53 Å². The van der Waals surface area contributed by atoms with E-state index in [4.69, 9.17) is 4.74 Å². The average Bonchev–Trinajstić information content (AvgIpc) is 2.50. The molecule has 1 unspecified atom stereocenters. The van der Waals surface area contributed by atoms with Gasteiger partial charge in [-0.15, -0.1) is 0 Å². The van der Waals surface area contributed by atoms with Crippen LogP contribution in [0.4, 0.5) is 0 Å². The second-order valence-electron chi connectivity index (χ2n) is 8.82. The lowest BCUT2D eigenvalue weighted by molar-refractivity contribution is -0.145. The molecule has 0 aliphatic heterocycles. The van der Waals surface area contributed by atoms with E-state index in [1.807, 2.05) is 0 Å². The van der Waals surface area contributed by atoms with Crippen LogP contribution in [0, 0.1) is 11.3 Å². The third kappa shape index (κ3) is 17.8. The number of hydrogen-bond acceptors (Lipinski definition) is 2. The van der Waals surface area contributed by atoms with E-state index >= 15 is 0 Å². The van der Waals surface area contributed by atoms with Crippen LogP contribution in [0.3, 0.4) is 0 Å². The molecule has 1 atom stereocenters. The second-order valence-corrected chi connectivity index (χ2v) is 8.82. The van der Waals surface area contributed by atoms with Crippen LogP contribution >= 0.6 is 0 Å². The summed E-state index contributed by atoms with van der Waals surface area (Å²) in [6, 6.07) is 0. The van der Waals surface area contributed by atoms with Crippen molar-refractivity contribution in [2.75, 3.05) is 6.61 Å². The predicted octanol–water partition coefficient (Wildman–Crippen LogP) is 7.30. The molecule has 0 rings (SSSR count). The van der Waals surface area contributed by atoms with Crippen molar-refractivity contribution in [2.45, 2.75) is 118 Å². The zero-order chi connectivity index (χ0) is 18.3. The van der Waals surface area contributed by atoms with Crippen LogP contribution in [0.25, 0.3) is 0 Å². The van der Waals surface area contributed by atoms with Gasteiger partial charge in [0.2, 0.25) is 0 Å². The van der Waals surface area contributed by atoms with Crippen molar-refractivity contribution >= 4 is 5.97 Å². The molecular formula is C22H44O2. The highest BCUT2D eigenvalue weighted by Gasteiger charge is 2.09. The van der Waals surface area contributed by atoms with Crippen LogP contribution < -0.4 is 0 Å². The van der Waals surface area contributed by atoms with Crippen molar-refractivity contribution < 1.29 is 9.53 Å². The standard InChI is InChI=1S/C22H44O2/c1-6-7-8-10-13-16-20(2)19-24-21(23)17-14-11-9-12-15-18-22(3,4)5/h20H,6-19H2,1-5H3. The first-order valence-corrected chi connectivity index (χ1v) is 10.5. The Kier molecular flexibility index (Phi) is 14.5. The van der Waals surface area contributed by atoms with Crippen molar-refractivity contribution in [1.82, 2.24) is 0 Å². The van der Waals surface area contributed by atoms with Crippen molar-refractivity contribution in [3.63, 3.8) is 0 Å². The molecule has 0 amide bonds. The second kappa shape index (κ2) is 14.8. The first kappa shape index (κ1) is 23.5. The number of rotatable bonds is 15. The van der Waals surface area contributed by atoms with E-state index in [0.29, 0.717) is 24.4 Å². The Hall–Kier alpha value is -0.530. The van der Waals surface area contributed by atoms with E-state index < -0.39 is 0 Å². The smallest absolute Gasteiger partial charge is 0.305 e. The van der Waals surface area contributed by atoms with Crippen LogP contribution in [0.2, 0.25) is 0 Å². The Morgan fingerprint density at radius 2 is 1.46 bits per heavy atom. The maximum Gasteiger partial charge on any atom is 0.305 e. The van der Waals surface area contributed by atoms with Gasteiger partial charge in [0, 0.05) is 6.42 Å². The van der Waals surface area contributed by atoms with Crippen LogP contribution in [0.5, 0.6) is 0 Å². The Bertz CT molecular complexity index is 291. The maximum absolute atomic E-state index is 11.8. The van der Waals surface area contributed by atoms with E-state index in [2.05, 4.69) is 34.6 Å². The number of carbonyl (C=O) groups excluding carboxylic acids is 1. The van der Waals surface area contributed by atoms with Gasteiger partial charge in [0.05, 0.1) is 6.61 Å². The molecule has 0 aromatic rings. The molecule has 0 spiro atoms. The first-order valence-electron chi connectivity index (χ1n) is 10.5. The normalized spacial score (nSPS) is 13.0. The number of unbranched alkanes of at least 4 members (excludes halogenated alkanes) is 8. The van der Waals surface area contributed by atoms with Crippen molar-refractivity contribution in [3.8, 4) is 0 Å². The third-order valence-electron chi connectivity index (χ3n) is 4.64. The number of hydrogen-bond donors (Lipinski definition) is 0. The van der Waals surface area contributed by atoms with Gasteiger partial charge in [-0.1, -0.05) is 92.4 Å². The highest BCUT2D eigenvalue weighted by Crippen LogP contribution is 2.22. The summed E-state index contributed by atoms with van der Waals surface area (Å²) in [5, 5.41) is 0. The maximum atomic E-state index is 11.8. The van der Waals surface area contributed by atoms with Crippen molar-refractivity contribution in [1.29, 1.82) is 0 Å². The zero-order valence-corrected chi connectivity index (χ0v) is 17.3. The summed E-state index contributed by atoms with van der Waals surface area (Å²) >= 11 is 0. The van der Waals surface area contributed by atoms with E-state index in [9.17, 15) is 4.79 Å². The van der Waals surface area contributed by atoms with Gasteiger partial charge in [-0.2, -0.15) is 0 Å². The predicted molar refractivity (Wildman–Crippen MR) is 105 cm³/mol. The highest BCUT2D eigenvalue weighted by atomic mass is 16.5. The van der Waals surface area contributed by atoms with E-state index in [0.717, 1.165) is 12.8 Å². The Balaban J connectivity index is 3.40. The highest BCUT2D eigenvalue weighted by molar-refractivity contribution is 5.69. The zero-order valence-electron chi connectivity index (χ0n) is 17.3. The van der Waals surface area contributed by atoms with E-state index in [1.54, 1.807) is 0 Å². The van der Waals surface area contributed by atoms with Gasteiger partial charge in [-0.05, 0) is 30.6 Å². The number of esters is 1. The Morgan fingerprint density at radius 3 is 2.12 bits per heavy atom. The molecule has 2 heteroatoms. The largest absolute Gasteiger partial charge is 0.465 e. The van der Waals surface area contributed by atoms with Crippen LogP contribution in [0.1, 0.15) is 118 Å². The fourth-order valence-corrected chi connectivity index (χ4v) is 2.94. The quantitative estimate of drug-likeness (QED) is 0.231. The molecule has 0 bridgehead atoms. The van der Waals surface area contributed by atoms with Gasteiger partial charge in [-0.25, -0.2) is 0 Å². The fourth-order valence-electron chi connectivity index (χ4n) is 2.94. The Labute approximate surface area is 152 Å². The molecule has 0 radical (unpaired) electrons. The molecule has 0 aromatic heterocycles. The fraction of sp³-hybridized carbons (Fsp3) is 0.955. The molecule has 0 aromatic carbocycles. The van der Waals surface area contributed by atoms with Crippen LogP contribution in [0.15, 0.2) is 0 Å². The van der Waals surface area contributed by atoms with Gasteiger partial charge in [0.1, 0.15) is 0 Å². The minimum absolute atomic E-state index is 0.00234. The SMILES string of the molecule is CCCCCCCC(C)COC(=O)CCCCCCCC(C)(C)C. The van der Waals surface area contributed by atoms with Crippen molar-refractivity contribution in [3.05, 3.63) is 0 Å². The number of ether oxygens (including phenoxy) is 1. The molecule has 0 N–H and O–H groups in total. The molecule has 0 aliphatic rings. The molecule has 0 heterocycles. The molecule has 0 fully saturated rings. The molecule has 0 aliphatic carbocycles. The minimum atomic E-state index is 0.00234. The van der Waals surface area contributed by atoms with Gasteiger partial charge >= 0.3 is 5.97 Å². The summed E-state index contributed by atoms with van der Waals surface area (Å²) in [6.45, 7) is 12.0. The number of carbonyl (C=O) groups is 1. The minimum Gasteiger partial charge on any atom is -0.465 e. The Morgan fingerprint density at radius 1 is 0.875 bits per heavy atom. The molecule has 24 heavy (non-hydrogen) atoms. The van der Waals surface area contributed by atoms with E-state index in [1.165, 1.54) is 64.2 Å². The lowest BCUT2D eigenvalue weighted by Crippen LogP contribution is -2.11. The lowest BCUT2D eigenvalue weighted by atomic mass is 9.89. The average molecular weight is 341 g/mol. The van der Waals surface area contributed by atoms with Crippen molar-refractivity contribution in [2.24, 2.45) is 11.3 Å². The molecule has 0 saturated heterocycles. The van der Waals surface area contributed by atoms with Gasteiger partial charge in [0.25, 0.3) is 0 Å². The van der Waals surface area contributed by atoms with Gasteiger partial charge < -0.3 is 4.74 Å². The summed E-state index contributed by atoms with van der Waals surface area (Å²) in [5.74, 6) is 0.510. The summed E-state index contributed by atoms with van der Waals surface area (Å²) < 4.78 is 5.42.